The van der Waals surface area contributed by atoms with Crippen molar-refractivity contribution in [3.8, 4) is 0 Å². The summed E-state index contributed by atoms with van der Waals surface area (Å²) in [7, 11) is 0. The molecule has 0 bridgehead atoms. The molecule has 1 N–H and O–H groups in total. The summed E-state index contributed by atoms with van der Waals surface area (Å²) in [6.07, 6.45) is 1.69. The summed E-state index contributed by atoms with van der Waals surface area (Å²) in [5.74, 6) is -0.611. The van der Waals surface area contributed by atoms with Gasteiger partial charge in [-0.2, -0.15) is 9.78 Å². The van der Waals surface area contributed by atoms with Gasteiger partial charge in [0.15, 0.2) is 0 Å². The number of nitrogens with one attached hydrogen (secondary N) is 1. The largest absolute Gasteiger partial charge is 0.390 e. The standard InChI is InChI=1S/C13H17ClN6O3/c1-4-18-7-10(14)11(16-18)6-15-13(21)9(3)19-8(2)5-12(17-19)20(22)23/h5,7,9H,4,6H2,1-3H3,(H,15,21). The van der Waals surface area contributed by atoms with Crippen LogP contribution in [0.2, 0.25) is 5.02 Å². The van der Waals surface area contributed by atoms with Gasteiger partial charge in [0, 0.05) is 12.7 Å². The van der Waals surface area contributed by atoms with Gasteiger partial charge in [0.1, 0.15) is 11.7 Å². The Kier molecular flexibility index (Phi) is 4.99. The lowest BCUT2D eigenvalue weighted by Gasteiger charge is -2.10. The van der Waals surface area contributed by atoms with Gasteiger partial charge < -0.3 is 15.4 Å². The maximum Gasteiger partial charge on any atom is 0.390 e. The molecule has 2 aromatic rings. The molecule has 0 saturated heterocycles. The van der Waals surface area contributed by atoms with Crippen LogP contribution in [0.1, 0.15) is 31.3 Å². The SMILES string of the molecule is CCn1cc(Cl)c(CNC(=O)C(C)n2nc([N+](=O)[O-])cc2C)n1. The molecular formula is C13H17ClN6O3. The van der Waals surface area contributed by atoms with Crippen LogP contribution in [-0.2, 0) is 17.9 Å². The number of amides is 1. The summed E-state index contributed by atoms with van der Waals surface area (Å²) in [5.41, 5.74) is 1.10. The molecule has 0 aliphatic carbocycles. The van der Waals surface area contributed by atoms with E-state index < -0.39 is 11.0 Å². The predicted octanol–water partition coefficient (Wildman–Crippen LogP) is 1.85. The maximum absolute atomic E-state index is 12.2. The molecule has 10 heteroatoms. The molecule has 2 rings (SSSR count). The van der Waals surface area contributed by atoms with Crippen molar-refractivity contribution >= 4 is 23.3 Å². The number of aryl methyl sites for hydroxylation is 2. The Morgan fingerprint density at radius 3 is 2.74 bits per heavy atom. The Hall–Kier alpha value is -2.42. The molecule has 124 valence electrons. The normalized spacial score (nSPS) is 12.2. The van der Waals surface area contributed by atoms with Gasteiger partial charge >= 0.3 is 5.82 Å². The van der Waals surface area contributed by atoms with Crippen molar-refractivity contribution in [2.24, 2.45) is 0 Å². The smallest absolute Gasteiger partial charge is 0.358 e. The van der Waals surface area contributed by atoms with Crippen molar-refractivity contribution in [1.29, 1.82) is 0 Å². The zero-order valence-corrected chi connectivity index (χ0v) is 13.7. The van der Waals surface area contributed by atoms with Gasteiger partial charge in [-0.05, 0) is 25.7 Å². The monoisotopic (exact) mass is 340 g/mol. The number of carbonyl (C=O) groups excluding carboxylic acids is 1. The lowest BCUT2D eigenvalue weighted by molar-refractivity contribution is -0.389. The molecule has 0 radical (unpaired) electrons. The number of rotatable bonds is 6. The molecule has 1 unspecified atom stereocenters. The first-order valence-electron chi connectivity index (χ1n) is 7.03. The molecule has 1 atom stereocenters. The summed E-state index contributed by atoms with van der Waals surface area (Å²) >= 11 is 6.04. The Morgan fingerprint density at radius 1 is 1.52 bits per heavy atom. The zero-order valence-electron chi connectivity index (χ0n) is 13.0. The van der Waals surface area contributed by atoms with E-state index in [0.717, 1.165) is 0 Å². The molecule has 0 saturated carbocycles. The van der Waals surface area contributed by atoms with E-state index in [0.29, 0.717) is 23.0 Å². The van der Waals surface area contributed by atoms with Crippen LogP contribution >= 0.6 is 11.6 Å². The second-order valence-corrected chi connectivity index (χ2v) is 5.43. The topological polar surface area (TPSA) is 108 Å². The van der Waals surface area contributed by atoms with Crippen molar-refractivity contribution < 1.29 is 9.72 Å². The van der Waals surface area contributed by atoms with Crippen molar-refractivity contribution in [2.45, 2.75) is 39.9 Å². The van der Waals surface area contributed by atoms with Gasteiger partial charge in [-0.1, -0.05) is 11.6 Å². The van der Waals surface area contributed by atoms with E-state index in [1.165, 1.54) is 10.7 Å². The minimum Gasteiger partial charge on any atom is -0.358 e. The van der Waals surface area contributed by atoms with Crippen LogP contribution in [0.4, 0.5) is 5.82 Å². The van der Waals surface area contributed by atoms with Crippen LogP contribution in [0.25, 0.3) is 0 Å². The summed E-state index contributed by atoms with van der Waals surface area (Å²) in [4.78, 5) is 22.4. The molecule has 9 nitrogen and oxygen atoms in total. The van der Waals surface area contributed by atoms with Crippen molar-refractivity contribution in [3.05, 3.63) is 38.8 Å². The average Bonchev–Trinajstić information content (AvgIpc) is 3.07. The third kappa shape index (κ3) is 3.67. The highest BCUT2D eigenvalue weighted by molar-refractivity contribution is 6.31. The Balaban J connectivity index is 2.05. The fourth-order valence-corrected chi connectivity index (χ4v) is 2.32. The number of hydrogen-bond acceptors (Lipinski definition) is 5. The minimum absolute atomic E-state index is 0.178. The molecular weight excluding hydrogens is 324 g/mol. The quantitative estimate of drug-likeness (QED) is 0.637. The number of hydrogen-bond donors (Lipinski definition) is 1. The van der Waals surface area contributed by atoms with Gasteiger partial charge in [-0.15, -0.1) is 0 Å². The van der Waals surface area contributed by atoms with Crippen LogP contribution < -0.4 is 5.32 Å². The molecule has 2 heterocycles. The Morgan fingerprint density at radius 2 is 2.22 bits per heavy atom. The highest BCUT2D eigenvalue weighted by Crippen LogP contribution is 2.17. The van der Waals surface area contributed by atoms with Crippen molar-refractivity contribution in [2.75, 3.05) is 0 Å². The predicted molar refractivity (Wildman–Crippen MR) is 83.1 cm³/mol. The lowest BCUT2D eigenvalue weighted by atomic mass is 10.3. The van der Waals surface area contributed by atoms with E-state index in [9.17, 15) is 14.9 Å². The van der Waals surface area contributed by atoms with E-state index in [1.807, 2.05) is 6.92 Å². The first-order chi connectivity index (χ1) is 10.8. The van der Waals surface area contributed by atoms with Crippen LogP contribution in [0, 0.1) is 17.0 Å². The Bertz CT molecular complexity index is 738. The minimum atomic E-state index is -0.685. The van der Waals surface area contributed by atoms with E-state index in [4.69, 9.17) is 11.6 Å². The highest BCUT2D eigenvalue weighted by atomic mass is 35.5. The molecule has 0 fully saturated rings. The number of aromatic nitrogens is 4. The van der Waals surface area contributed by atoms with Crippen LogP contribution in [0.15, 0.2) is 12.3 Å². The molecule has 0 aliphatic rings. The van der Waals surface area contributed by atoms with E-state index >= 15 is 0 Å². The summed E-state index contributed by atoms with van der Waals surface area (Å²) < 4.78 is 2.99. The van der Waals surface area contributed by atoms with Gasteiger partial charge in [0.2, 0.25) is 5.91 Å². The summed E-state index contributed by atoms with van der Waals surface area (Å²) in [6, 6.07) is 0.638. The zero-order chi connectivity index (χ0) is 17.1. The van der Waals surface area contributed by atoms with Crippen LogP contribution in [0.5, 0.6) is 0 Å². The van der Waals surface area contributed by atoms with Crippen LogP contribution in [0.3, 0.4) is 0 Å². The van der Waals surface area contributed by atoms with Crippen LogP contribution in [-0.4, -0.2) is 30.4 Å². The number of halogens is 1. The second-order valence-electron chi connectivity index (χ2n) is 5.02. The van der Waals surface area contributed by atoms with Gasteiger partial charge in [-0.25, -0.2) is 0 Å². The first-order valence-corrected chi connectivity index (χ1v) is 7.41. The molecule has 0 spiro atoms. The summed E-state index contributed by atoms with van der Waals surface area (Å²) in [5, 5.41) is 22.0. The molecule has 2 aromatic heterocycles. The highest BCUT2D eigenvalue weighted by Gasteiger charge is 2.24. The number of nitro groups is 1. The maximum atomic E-state index is 12.2. The molecule has 23 heavy (non-hydrogen) atoms. The van der Waals surface area contributed by atoms with Gasteiger partial charge in [0.25, 0.3) is 0 Å². The third-order valence-electron chi connectivity index (χ3n) is 3.38. The van der Waals surface area contributed by atoms with E-state index in [-0.39, 0.29) is 18.3 Å². The first kappa shape index (κ1) is 16.9. The Labute approximate surface area is 137 Å². The van der Waals surface area contributed by atoms with Gasteiger partial charge in [0.05, 0.1) is 28.4 Å². The van der Waals surface area contributed by atoms with Crippen molar-refractivity contribution in [1.82, 2.24) is 24.9 Å². The fraction of sp³-hybridized carbons (Fsp3) is 0.462. The van der Waals surface area contributed by atoms with Crippen molar-refractivity contribution in [3.63, 3.8) is 0 Å². The number of nitrogens with zero attached hydrogens (tertiary/aromatic N) is 5. The number of carbonyl (C=O) groups is 1. The van der Waals surface area contributed by atoms with Gasteiger partial charge in [-0.3, -0.25) is 9.48 Å². The lowest BCUT2D eigenvalue weighted by Crippen LogP contribution is -2.31. The van der Waals surface area contributed by atoms with E-state index in [1.54, 1.807) is 24.7 Å². The average molecular weight is 341 g/mol. The second kappa shape index (κ2) is 6.78. The fourth-order valence-electron chi connectivity index (χ4n) is 2.10. The summed E-state index contributed by atoms with van der Waals surface area (Å²) in [6.45, 7) is 6.06. The molecule has 0 aliphatic heterocycles. The third-order valence-corrected chi connectivity index (χ3v) is 3.70. The molecule has 0 aromatic carbocycles. The molecule has 1 amide bonds. The van der Waals surface area contributed by atoms with E-state index in [2.05, 4.69) is 15.5 Å².